The summed E-state index contributed by atoms with van der Waals surface area (Å²) in [4.78, 5) is 29.1. The van der Waals surface area contributed by atoms with E-state index in [0.717, 1.165) is 32.0 Å². The van der Waals surface area contributed by atoms with Gasteiger partial charge in [0, 0.05) is 31.7 Å². The highest BCUT2D eigenvalue weighted by atomic mass is 19.1. The lowest BCUT2D eigenvalue weighted by atomic mass is 9.75. The maximum absolute atomic E-state index is 13.8. The Bertz CT molecular complexity index is 789. The summed E-state index contributed by atoms with van der Waals surface area (Å²) in [6.45, 7) is 7.07. The molecule has 5 nitrogen and oxygen atoms in total. The Morgan fingerprint density at radius 1 is 1.11 bits per heavy atom. The average Bonchev–Trinajstić information content (AvgIpc) is 2.97. The van der Waals surface area contributed by atoms with Gasteiger partial charge in [0.2, 0.25) is 5.91 Å². The summed E-state index contributed by atoms with van der Waals surface area (Å²) in [5, 5.41) is 0. The van der Waals surface area contributed by atoms with E-state index in [9.17, 15) is 14.0 Å². The predicted octanol–water partition coefficient (Wildman–Crippen LogP) is 3.31. The van der Waals surface area contributed by atoms with Crippen LogP contribution in [0, 0.1) is 11.2 Å². The molecule has 1 aromatic carbocycles. The molecule has 0 bridgehead atoms. The molecule has 1 aromatic rings. The topological polar surface area (TPSA) is 66.6 Å². The number of nitrogens with two attached hydrogens (primary N) is 1. The van der Waals surface area contributed by atoms with Crippen molar-refractivity contribution in [2.75, 3.05) is 13.1 Å². The average molecular weight is 387 g/mol. The van der Waals surface area contributed by atoms with Crippen LogP contribution in [0.15, 0.2) is 12.1 Å². The summed E-state index contributed by atoms with van der Waals surface area (Å²) in [7, 11) is 0. The van der Waals surface area contributed by atoms with Gasteiger partial charge in [0.25, 0.3) is 5.91 Å². The SMILES string of the molecule is CC1(C)CCC(N2CCC(N3Cc4cc(F)cc(C(N)=O)c4C3=O)CC2)CC1. The number of carbonyl (C=O) groups is 2. The van der Waals surface area contributed by atoms with Crippen molar-refractivity contribution in [1.82, 2.24) is 9.80 Å². The fourth-order valence-corrected chi connectivity index (χ4v) is 5.24. The van der Waals surface area contributed by atoms with E-state index in [-0.39, 0.29) is 17.5 Å². The fourth-order valence-electron chi connectivity index (χ4n) is 5.24. The van der Waals surface area contributed by atoms with Crippen LogP contribution < -0.4 is 5.73 Å². The van der Waals surface area contributed by atoms with Gasteiger partial charge in [-0.15, -0.1) is 0 Å². The zero-order valence-corrected chi connectivity index (χ0v) is 16.8. The molecule has 1 aliphatic carbocycles. The van der Waals surface area contributed by atoms with Crippen molar-refractivity contribution >= 4 is 11.8 Å². The Labute approximate surface area is 166 Å². The molecule has 2 amide bonds. The van der Waals surface area contributed by atoms with Gasteiger partial charge in [-0.05, 0) is 61.6 Å². The number of halogens is 1. The second-order valence-electron chi connectivity index (χ2n) is 9.45. The smallest absolute Gasteiger partial charge is 0.255 e. The van der Waals surface area contributed by atoms with Crippen molar-refractivity contribution < 1.29 is 14.0 Å². The number of benzene rings is 1. The Balaban J connectivity index is 1.41. The van der Waals surface area contributed by atoms with E-state index in [1.165, 1.54) is 31.7 Å². The third kappa shape index (κ3) is 3.54. The monoisotopic (exact) mass is 387 g/mol. The van der Waals surface area contributed by atoms with Crippen LogP contribution in [0.3, 0.4) is 0 Å². The molecule has 2 aliphatic heterocycles. The van der Waals surface area contributed by atoms with Crippen LogP contribution in [-0.4, -0.2) is 46.8 Å². The summed E-state index contributed by atoms with van der Waals surface area (Å²) in [5.74, 6) is -1.44. The van der Waals surface area contributed by atoms with Gasteiger partial charge in [0.1, 0.15) is 5.82 Å². The van der Waals surface area contributed by atoms with Gasteiger partial charge in [-0.25, -0.2) is 4.39 Å². The van der Waals surface area contributed by atoms with E-state index in [1.807, 2.05) is 4.90 Å². The van der Waals surface area contributed by atoms with Crippen LogP contribution in [-0.2, 0) is 6.54 Å². The van der Waals surface area contributed by atoms with Gasteiger partial charge in [-0.2, -0.15) is 0 Å². The fraction of sp³-hybridized carbons (Fsp3) is 0.636. The third-order valence-corrected chi connectivity index (χ3v) is 7.03. The van der Waals surface area contributed by atoms with E-state index in [2.05, 4.69) is 18.7 Å². The van der Waals surface area contributed by atoms with Gasteiger partial charge in [-0.1, -0.05) is 13.8 Å². The van der Waals surface area contributed by atoms with Gasteiger partial charge >= 0.3 is 0 Å². The van der Waals surface area contributed by atoms with E-state index in [4.69, 9.17) is 5.73 Å². The summed E-state index contributed by atoms with van der Waals surface area (Å²) in [6, 6.07) is 3.24. The Kier molecular flexibility index (Phi) is 4.94. The number of rotatable bonds is 3. The number of hydrogen-bond acceptors (Lipinski definition) is 3. The largest absolute Gasteiger partial charge is 0.366 e. The zero-order chi connectivity index (χ0) is 20.1. The molecule has 28 heavy (non-hydrogen) atoms. The quantitative estimate of drug-likeness (QED) is 0.865. The summed E-state index contributed by atoms with van der Waals surface area (Å²) in [5.41, 5.74) is 6.73. The molecule has 2 N–H and O–H groups in total. The van der Waals surface area contributed by atoms with Gasteiger partial charge < -0.3 is 15.5 Å². The minimum Gasteiger partial charge on any atom is -0.366 e. The molecule has 0 unspecified atom stereocenters. The Morgan fingerprint density at radius 2 is 1.75 bits per heavy atom. The van der Waals surface area contributed by atoms with Gasteiger partial charge in [0.05, 0.1) is 11.1 Å². The number of primary amides is 1. The standard InChI is InChI=1S/C22H30FN3O2/c1-22(2)7-3-16(4-8-22)25-9-5-17(6-10-25)26-13-14-11-15(23)12-18(20(24)27)19(14)21(26)28/h11-12,16-17H,3-10,13H2,1-2H3,(H2,24,27). The van der Waals surface area contributed by atoms with Gasteiger partial charge in [0.15, 0.2) is 0 Å². The molecule has 0 atom stereocenters. The first-order valence-corrected chi connectivity index (χ1v) is 10.4. The number of likely N-dealkylation sites (tertiary alicyclic amines) is 1. The molecular weight excluding hydrogens is 357 g/mol. The number of amides is 2. The van der Waals surface area contributed by atoms with E-state index < -0.39 is 11.7 Å². The first-order chi connectivity index (χ1) is 13.2. The number of fused-ring (bicyclic) bond motifs is 1. The maximum Gasteiger partial charge on any atom is 0.255 e. The van der Waals surface area contributed by atoms with Crippen molar-refractivity contribution in [2.45, 2.75) is 71.0 Å². The van der Waals surface area contributed by atoms with Crippen molar-refractivity contribution in [3.8, 4) is 0 Å². The number of nitrogens with zero attached hydrogens (tertiary/aromatic N) is 2. The highest BCUT2D eigenvalue weighted by molar-refractivity contribution is 6.09. The number of piperidine rings is 1. The minimum atomic E-state index is -0.749. The molecule has 0 aromatic heterocycles. The number of carbonyl (C=O) groups excluding carboxylic acids is 2. The first kappa shape index (κ1) is 19.4. The molecular formula is C22H30FN3O2. The molecule has 0 spiro atoms. The van der Waals surface area contributed by atoms with Crippen LogP contribution in [0.25, 0.3) is 0 Å². The van der Waals surface area contributed by atoms with Crippen molar-refractivity contribution in [3.05, 3.63) is 34.6 Å². The summed E-state index contributed by atoms with van der Waals surface area (Å²) in [6.07, 6.45) is 6.92. The lowest BCUT2D eigenvalue weighted by Gasteiger charge is -2.44. The second kappa shape index (κ2) is 7.14. The predicted molar refractivity (Wildman–Crippen MR) is 105 cm³/mol. The van der Waals surface area contributed by atoms with E-state index in [1.54, 1.807) is 0 Å². The van der Waals surface area contributed by atoms with E-state index >= 15 is 0 Å². The summed E-state index contributed by atoms with van der Waals surface area (Å²) < 4.78 is 13.8. The molecule has 6 heteroatoms. The van der Waals surface area contributed by atoms with E-state index in [0.29, 0.717) is 29.1 Å². The van der Waals surface area contributed by atoms with Crippen molar-refractivity contribution in [2.24, 2.45) is 11.1 Å². The molecule has 152 valence electrons. The molecule has 1 saturated carbocycles. The van der Waals surface area contributed by atoms with Crippen LogP contribution in [0.2, 0.25) is 0 Å². The molecule has 0 radical (unpaired) electrons. The highest BCUT2D eigenvalue weighted by Gasteiger charge is 2.39. The second-order valence-corrected chi connectivity index (χ2v) is 9.45. The minimum absolute atomic E-state index is 0.00440. The molecule has 4 rings (SSSR count). The van der Waals surface area contributed by atoms with Crippen LogP contribution in [0.5, 0.6) is 0 Å². The Hall–Kier alpha value is -1.95. The van der Waals surface area contributed by atoms with Crippen LogP contribution in [0.4, 0.5) is 4.39 Å². The highest BCUT2D eigenvalue weighted by Crippen LogP contribution is 2.38. The first-order valence-electron chi connectivity index (χ1n) is 10.4. The van der Waals surface area contributed by atoms with Crippen molar-refractivity contribution in [1.29, 1.82) is 0 Å². The molecule has 1 saturated heterocycles. The Morgan fingerprint density at radius 3 is 2.36 bits per heavy atom. The lowest BCUT2D eigenvalue weighted by molar-refractivity contribution is 0.0434. The molecule has 2 fully saturated rings. The molecule has 3 aliphatic rings. The van der Waals surface area contributed by atoms with Crippen LogP contribution >= 0.6 is 0 Å². The number of hydrogen-bond donors (Lipinski definition) is 1. The normalized spacial score (nSPS) is 23.8. The van der Waals surface area contributed by atoms with Crippen LogP contribution in [0.1, 0.15) is 78.7 Å². The lowest BCUT2D eigenvalue weighted by Crippen LogP contribution is -2.49. The maximum atomic E-state index is 13.8. The van der Waals surface area contributed by atoms with Crippen molar-refractivity contribution in [3.63, 3.8) is 0 Å². The van der Waals surface area contributed by atoms with Gasteiger partial charge in [-0.3, -0.25) is 9.59 Å². The summed E-state index contributed by atoms with van der Waals surface area (Å²) >= 11 is 0. The third-order valence-electron chi connectivity index (χ3n) is 7.03. The zero-order valence-electron chi connectivity index (χ0n) is 16.8. The molecule has 2 heterocycles.